The molecule has 4 aromatic rings. The highest BCUT2D eigenvalue weighted by Crippen LogP contribution is 2.24. The van der Waals surface area contributed by atoms with E-state index in [0.29, 0.717) is 32.7 Å². The number of benzene rings is 2. The highest BCUT2D eigenvalue weighted by molar-refractivity contribution is 7.99. The average molecular weight is 486 g/mol. The predicted molar refractivity (Wildman–Crippen MR) is 131 cm³/mol. The van der Waals surface area contributed by atoms with Crippen LogP contribution in [-0.2, 0) is 11.3 Å². The number of rotatable bonds is 8. The van der Waals surface area contributed by atoms with Crippen LogP contribution in [-0.4, -0.2) is 27.8 Å². The minimum absolute atomic E-state index is 0.109. The minimum Gasteiger partial charge on any atom is -0.494 e. The molecule has 0 saturated heterocycles. The Morgan fingerprint density at radius 3 is 2.72 bits per heavy atom. The fourth-order valence-corrected chi connectivity index (χ4v) is 4.87. The number of halogens is 1. The van der Waals surface area contributed by atoms with Gasteiger partial charge in [-0.2, -0.15) is 0 Å². The van der Waals surface area contributed by atoms with Gasteiger partial charge in [0.1, 0.15) is 10.4 Å². The Labute approximate surface area is 198 Å². The summed E-state index contributed by atoms with van der Waals surface area (Å²) in [6, 6.07) is 16.4. The molecule has 2 aromatic carbocycles. The van der Waals surface area contributed by atoms with E-state index in [-0.39, 0.29) is 23.8 Å². The van der Waals surface area contributed by atoms with Gasteiger partial charge in [-0.25, -0.2) is 4.98 Å². The molecule has 32 heavy (non-hydrogen) atoms. The number of anilines is 1. The van der Waals surface area contributed by atoms with E-state index in [0.717, 1.165) is 11.3 Å². The number of amides is 1. The van der Waals surface area contributed by atoms with Crippen LogP contribution in [0.3, 0.4) is 0 Å². The third-order valence-electron chi connectivity index (χ3n) is 4.60. The highest BCUT2D eigenvalue weighted by atomic mass is 35.5. The van der Waals surface area contributed by atoms with Gasteiger partial charge in [0.05, 0.1) is 24.4 Å². The van der Waals surface area contributed by atoms with Gasteiger partial charge in [-0.15, -0.1) is 11.3 Å². The summed E-state index contributed by atoms with van der Waals surface area (Å²) in [6.07, 6.45) is 0. The van der Waals surface area contributed by atoms with E-state index >= 15 is 0 Å². The zero-order valence-electron chi connectivity index (χ0n) is 17.2. The van der Waals surface area contributed by atoms with Gasteiger partial charge < -0.3 is 10.1 Å². The minimum atomic E-state index is -0.192. The largest absolute Gasteiger partial charge is 0.494 e. The predicted octanol–water partition coefficient (Wildman–Crippen LogP) is 5.29. The van der Waals surface area contributed by atoms with Crippen molar-refractivity contribution in [2.75, 3.05) is 17.7 Å². The molecule has 2 heterocycles. The van der Waals surface area contributed by atoms with Gasteiger partial charge >= 0.3 is 0 Å². The number of thioether (sulfide) groups is 1. The molecule has 4 rings (SSSR count). The molecule has 164 valence electrons. The first-order valence-electron chi connectivity index (χ1n) is 9.92. The van der Waals surface area contributed by atoms with Gasteiger partial charge in [-0.05, 0) is 54.3 Å². The van der Waals surface area contributed by atoms with Crippen LogP contribution in [0, 0.1) is 0 Å². The molecule has 0 atom stereocenters. The van der Waals surface area contributed by atoms with Crippen molar-refractivity contribution in [1.82, 2.24) is 9.55 Å². The molecule has 0 fully saturated rings. The fraction of sp³-hybridized carbons (Fsp3) is 0.174. The number of carbonyl (C=O) groups is 1. The number of carbonyl (C=O) groups excluding carboxylic acids is 1. The van der Waals surface area contributed by atoms with Crippen molar-refractivity contribution >= 4 is 56.5 Å². The second-order valence-corrected chi connectivity index (χ2v) is 9.07. The molecule has 0 bridgehead atoms. The topological polar surface area (TPSA) is 73.2 Å². The molecule has 1 amide bonds. The lowest BCUT2D eigenvalue weighted by atomic mass is 10.2. The molecular weight excluding hydrogens is 466 g/mol. The van der Waals surface area contributed by atoms with E-state index in [1.165, 1.54) is 23.1 Å². The monoisotopic (exact) mass is 485 g/mol. The molecule has 1 N–H and O–H groups in total. The van der Waals surface area contributed by atoms with Crippen molar-refractivity contribution in [2.24, 2.45) is 0 Å². The van der Waals surface area contributed by atoms with Gasteiger partial charge in [0, 0.05) is 10.7 Å². The normalized spacial score (nSPS) is 10.9. The maximum atomic E-state index is 13.1. The zero-order chi connectivity index (χ0) is 22.5. The van der Waals surface area contributed by atoms with Gasteiger partial charge in [0.2, 0.25) is 5.91 Å². The summed E-state index contributed by atoms with van der Waals surface area (Å²) in [5.41, 5.74) is 1.98. The molecule has 2 aromatic heterocycles. The Morgan fingerprint density at radius 2 is 1.97 bits per heavy atom. The van der Waals surface area contributed by atoms with E-state index in [9.17, 15) is 9.59 Å². The van der Waals surface area contributed by atoms with Crippen LogP contribution in [0.5, 0.6) is 5.75 Å². The van der Waals surface area contributed by atoms with Gasteiger partial charge in [0.25, 0.3) is 5.56 Å². The van der Waals surface area contributed by atoms with E-state index in [4.69, 9.17) is 16.3 Å². The first-order valence-corrected chi connectivity index (χ1v) is 12.2. The molecule has 6 nitrogen and oxygen atoms in total. The Bertz CT molecular complexity index is 1300. The lowest BCUT2D eigenvalue weighted by molar-refractivity contribution is -0.113. The molecule has 0 unspecified atom stereocenters. The van der Waals surface area contributed by atoms with Crippen molar-refractivity contribution in [3.8, 4) is 5.75 Å². The second kappa shape index (κ2) is 10.2. The van der Waals surface area contributed by atoms with Crippen molar-refractivity contribution in [3.63, 3.8) is 0 Å². The van der Waals surface area contributed by atoms with Crippen molar-refractivity contribution < 1.29 is 9.53 Å². The first-order chi connectivity index (χ1) is 15.5. The first kappa shape index (κ1) is 22.4. The molecule has 0 aliphatic heterocycles. The van der Waals surface area contributed by atoms with E-state index in [1.807, 2.05) is 36.6 Å². The van der Waals surface area contributed by atoms with Crippen LogP contribution < -0.4 is 15.6 Å². The Morgan fingerprint density at radius 1 is 1.19 bits per heavy atom. The Balaban J connectivity index is 1.53. The van der Waals surface area contributed by atoms with E-state index in [1.54, 1.807) is 34.9 Å². The van der Waals surface area contributed by atoms with E-state index in [2.05, 4.69) is 10.3 Å². The Hall–Kier alpha value is -2.81. The van der Waals surface area contributed by atoms with Gasteiger partial charge in [-0.3, -0.25) is 14.2 Å². The summed E-state index contributed by atoms with van der Waals surface area (Å²) in [4.78, 5) is 30.3. The van der Waals surface area contributed by atoms with Crippen molar-refractivity contribution in [1.29, 1.82) is 0 Å². The molecule has 0 radical (unpaired) electrons. The Kier molecular flexibility index (Phi) is 7.14. The molecule has 0 saturated carbocycles. The molecule has 0 aliphatic carbocycles. The average Bonchev–Trinajstić information content (AvgIpc) is 3.26. The summed E-state index contributed by atoms with van der Waals surface area (Å²) in [6.45, 7) is 2.78. The van der Waals surface area contributed by atoms with Crippen LogP contribution in [0.2, 0.25) is 5.02 Å². The SMILES string of the molecule is CCOc1ccc(NC(=O)CSc2nc3ccsc3c(=O)n2Cc2ccccc2Cl)cc1. The number of nitrogens with zero attached hydrogens (tertiary/aromatic N) is 2. The fourth-order valence-electron chi connectivity index (χ4n) is 3.10. The quantitative estimate of drug-likeness (QED) is 0.271. The smallest absolute Gasteiger partial charge is 0.272 e. The van der Waals surface area contributed by atoms with Crippen LogP contribution >= 0.6 is 34.7 Å². The third-order valence-corrected chi connectivity index (χ3v) is 6.84. The number of aromatic nitrogens is 2. The molecule has 9 heteroatoms. The summed E-state index contributed by atoms with van der Waals surface area (Å²) >= 11 is 8.89. The third kappa shape index (κ3) is 5.15. The lowest BCUT2D eigenvalue weighted by Crippen LogP contribution is -2.24. The maximum absolute atomic E-state index is 13.1. The second-order valence-electron chi connectivity index (χ2n) is 6.81. The summed E-state index contributed by atoms with van der Waals surface area (Å²) in [7, 11) is 0. The molecule has 0 aliphatic rings. The highest BCUT2D eigenvalue weighted by Gasteiger charge is 2.15. The lowest BCUT2D eigenvalue weighted by Gasteiger charge is -2.13. The van der Waals surface area contributed by atoms with Crippen molar-refractivity contribution in [3.05, 3.63) is 80.9 Å². The summed E-state index contributed by atoms with van der Waals surface area (Å²) in [5.74, 6) is 0.664. The van der Waals surface area contributed by atoms with Crippen LogP contribution in [0.1, 0.15) is 12.5 Å². The number of fused-ring (bicyclic) bond motifs is 1. The van der Waals surface area contributed by atoms with Crippen molar-refractivity contribution in [2.45, 2.75) is 18.6 Å². The summed E-state index contributed by atoms with van der Waals surface area (Å²) in [5, 5.41) is 5.75. The molecule has 0 spiro atoms. The number of nitrogens with one attached hydrogen (secondary N) is 1. The number of hydrogen-bond acceptors (Lipinski definition) is 6. The summed E-state index contributed by atoms with van der Waals surface area (Å²) < 4.78 is 7.58. The number of thiophene rings is 1. The zero-order valence-corrected chi connectivity index (χ0v) is 19.6. The van der Waals surface area contributed by atoms with Gasteiger partial charge in [0.15, 0.2) is 5.16 Å². The van der Waals surface area contributed by atoms with E-state index < -0.39 is 0 Å². The van der Waals surface area contributed by atoms with Crippen LogP contribution in [0.4, 0.5) is 5.69 Å². The molecular formula is C23H20ClN3O3S2. The standard InChI is InChI=1S/C23H20ClN3O3S2/c1-2-30-17-9-7-16(8-10-17)25-20(28)14-32-23-26-19-11-12-31-21(19)22(29)27(23)13-15-5-3-4-6-18(15)24/h3-12H,2,13-14H2,1H3,(H,25,28). The number of hydrogen-bond donors (Lipinski definition) is 1. The maximum Gasteiger partial charge on any atom is 0.272 e. The van der Waals surface area contributed by atoms with Crippen LogP contribution in [0.25, 0.3) is 10.2 Å². The number of ether oxygens (including phenoxy) is 1. The van der Waals surface area contributed by atoms with Crippen LogP contribution in [0.15, 0.2) is 69.9 Å². The van der Waals surface area contributed by atoms with Gasteiger partial charge in [-0.1, -0.05) is 41.6 Å².